The van der Waals surface area contributed by atoms with Gasteiger partial charge in [-0.15, -0.1) is 0 Å². The Balaban J connectivity index is 2.53. The first kappa shape index (κ1) is 15.9. The highest BCUT2D eigenvalue weighted by molar-refractivity contribution is 5.75. The summed E-state index contributed by atoms with van der Waals surface area (Å²) < 4.78 is 0. The van der Waals surface area contributed by atoms with Gasteiger partial charge in [-0.25, -0.2) is 4.79 Å². The molecule has 0 saturated heterocycles. The van der Waals surface area contributed by atoms with Gasteiger partial charge in [0.2, 0.25) is 0 Å². The summed E-state index contributed by atoms with van der Waals surface area (Å²) in [5.41, 5.74) is 1.67. The van der Waals surface area contributed by atoms with Crippen molar-refractivity contribution in [1.29, 1.82) is 0 Å². The van der Waals surface area contributed by atoms with Crippen LogP contribution in [-0.4, -0.2) is 40.1 Å². The SMILES string of the molecule is CCN(CC(C)C(=O)O)C(=O)NCc1cccc(C)n1. The van der Waals surface area contributed by atoms with Crippen molar-refractivity contribution in [1.82, 2.24) is 15.2 Å². The predicted octanol–water partition coefficient (Wildman–Crippen LogP) is 1.64. The molecule has 1 atom stereocenters. The zero-order chi connectivity index (χ0) is 15.1. The van der Waals surface area contributed by atoms with Crippen LogP contribution in [0.25, 0.3) is 0 Å². The molecule has 0 aliphatic heterocycles. The molecule has 0 saturated carbocycles. The fourth-order valence-corrected chi connectivity index (χ4v) is 1.74. The van der Waals surface area contributed by atoms with Crippen molar-refractivity contribution >= 4 is 12.0 Å². The third kappa shape index (κ3) is 4.87. The quantitative estimate of drug-likeness (QED) is 0.829. The lowest BCUT2D eigenvalue weighted by molar-refractivity contribution is -0.141. The number of aryl methyl sites for hydroxylation is 1. The highest BCUT2D eigenvalue weighted by atomic mass is 16.4. The lowest BCUT2D eigenvalue weighted by Crippen LogP contribution is -2.43. The highest BCUT2D eigenvalue weighted by Gasteiger charge is 2.18. The molecule has 0 fully saturated rings. The third-order valence-electron chi connectivity index (χ3n) is 2.95. The van der Waals surface area contributed by atoms with Crippen molar-refractivity contribution in [3.05, 3.63) is 29.6 Å². The summed E-state index contributed by atoms with van der Waals surface area (Å²) in [5, 5.41) is 11.6. The predicted molar refractivity (Wildman–Crippen MR) is 75.3 cm³/mol. The summed E-state index contributed by atoms with van der Waals surface area (Å²) in [4.78, 5) is 28.6. The number of aliphatic carboxylic acids is 1. The van der Waals surface area contributed by atoms with Gasteiger partial charge in [0.15, 0.2) is 0 Å². The molecule has 1 unspecified atom stereocenters. The molecule has 0 radical (unpaired) electrons. The lowest BCUT2D eigenvalue weighted by Gasteiger charge is -2.23. The lowest BCUT2D eigenvalue weighted by atomic mass is 10.2. The molecule has 0 spiro atoms. The number of carboxylic acid groups (broad SMARTS) is 1. The molecule has 0 bridgehead atoms. The summed E-state index contributed by atoms with van der Waals surface area (Å²) in [7, 11) is 0. The number of amides is 2. The molecule has 2 N–H and O–H groups in total. The van der Waals surface area contributed by atoms with E-state index in [0.717, 1.165) is 11.4 Å². The summed E-state index contributed by atoms with van der Waals surface area (Å²) in [6.07, 6.45) is 0. The zero-order valence-electron chi connectivity index (χ0n) is 12.1. The minimum absolute atomic E-state index is 0.193. The van der Waals surface area contributed by atoms with Gasteiger partial charge in [-0.05, 0) is 26.0 Å². The molecule has 1 heterocycles. The standard InChI is InChI=1S/C14H21N3O3/c1-4-17(9-10(2)13(18)19)14(20)15-8-12-7-5-6-11(3)16-12/h5-7,10H,4,8-9H2,1-3H3,(H,15,20)(H,18,19). The first-order valence-corrected chi connectivity index (χ1v) is 6.62. The van der Waals surface area contributed by atoms with E-state index >= 15 is 0 Å². The van der Waals surface area contributed by atoms with Gasteiger partial charge in [-0.3, -0.25) is 9.78 Å². The van der Waals surface area contributed by atoms with E-state index in [1.54, 1.807) is 6.92 Å². The third-order valence-corrected chi connectivity index (χ3v) is 2.95. The van der Waals surface area contributed by atoms with Gasteiger partial charge in [-0.2, -0.15) is 0 Å². The van der Waals surface area contributed by atoms with E-state index in [1.807, 2.05) is 32.0 Å². The molecule has 0 aliphatic rings. The number of pyridine rings is 1. The Morgan fingerprint density at radius 1 is 1.45 bits per heavy atom. The van der Waals surface area contributed by atoms with Gasteiger partial charge < -0.3 is 15.3 Å². The van der Waals surface area contributed by atoms with Gasteiger partial charge in [0.05, 0.1) is 18.2 Å². The Kier molecular flexibility index (Phi) is 5.96. The first-order chi connectivity index (χ1) is 9.43. The fourth-order valence-electron chi connectivity index (χ4n) is 1.74. The Morgan fingerprint density at radius 2 is 2.15 bits per heavy atom. The average Bonchev–Trinajstić information content (AvgIpc) is 2.41. The summed E-state index contributed by atoms with van der Waals surface area (Å²) >= 11 is 0. The second-order valence-electron chi connectivity index (χ2n) is 4.71. The second kappa shape index (κ2) is 7.47. The zero-order valence-corrected chi connectivity index (χ0v) is 12.1. The van der Waals surface area contributed by atoms with Gasteiger partial charge in [0.25, 0.3) is 0 Å². The van der Waals surface area contributed by atoms with Crippen LogP contribution in [0.1, 0.15) is 25.2 Å². The van der Waals surface area contributed by atoms with E-state index in [0.29, 0.717) is 13.1 Å². The number of carbonyl (C=O) groups excluding carboxylic acids is 1. The number of nitrogens with one attached hydrogen (secondary N) is 1. The fraction of sp³-hybridized carbons (Fsp3) is 0.500. The number of hydrogen-bond acceptors (Lipinski definition) is 3. The molecule has 6 heteroatoms. The van der Waals surface area contributed by atoms with Gasteiger partial charge in [0, 0.05) is 18.8 Å². The summed E-state index contributed by atoms with van der Waals surface area (Å²) in [5.74, 6) is -1.49. The van der Waals surface area contributed by atoms with E-state index in [-0.39, 0.29) is 12.6 Å². The number of aromatic nitrogens is 1. The molecular formula is C14H21N3O3. The van der Waals surface area contributed by atoms with Crippen LogP contribution in [0.5, 0.6) is 0 Å². The smallest absolute Gasteiger partial charge is 0.317 e. The molecule has 6 nitrogen and oxygen atoms in total. The van der Waals surface area contributed by atoms with Gasteiger partial charge in [-0.1, -0.05) is 13.0 Å². The van der Waals surface area contributed by atoms with Gasteiger partial charge >= 0.3 is 12.0 Å². The maximum absolute atomic E-state index is 12.0. The summed E-state index contributed by atoms with van der Waals surface area (Å²) in [6.45, 7) is 6.28. The van der Waals surface area contributed by atoms with Crippen LogP contribution >= 0.6 is 0 Å². The molecule has 110 valence electrons. The number of rotatable bonds is 6. The van der Waals surface area contributed by atoms with Crippen molar-refractivity contribution in [2.45, 2.75) is 27.3 Å². The van der Waals surface area contributed by atoms with Crippen LogP contribution in [-0.2, 0) is 11.3 Å². The van der Waals surface area contributed by atoms with Crippen LogP contribution in [0.3, 0.4) is 0 Å². The summed E-state index contributed by atoms with van der Waals surface area (Å²) in [6, 6.07) is 5.33. The van der Waals surface area contributed by atoms with Crippen molar-refractivity contribution < 1.29 is 14.7 Å². The Morgan fingerprint density at radius 3 is 2.70 bits per heavy atom. The van der Waals surface area contributed by atoms with Crippen molar-refractivity contribution in [3.63, 3.8) is 0 Å². The van der Waals surface area contributed by atoms with Crippen molar-refractivity contribution in [3.8, 4) is 0 Å². The molecule has 0 aliphatic carbocycles. The molecule has 1 aromatic rings. The van der Waals surface area contributed by atoms with Crippen molar-refractivity contribution in [2.75, 3.05) is 13.1 Å². The maximum atomic E-state index is 12.0. The number of urea groups is 1. The average molecular weight is 279 g/mol. The topological polar surface area (TPSA) is 82.5 Å². The minimum atomic E-state index is -0.906. The van der Waals surface area contributed by atoms with E-state index in [1.165, 1.54) is 4.90 Å². The van der Waals surface area contributed by atoms with Crippen LogP contribution in [0.15, 0.2) is 18.2 Å². The molecule has 20 heavy (non-hydrogen) atoms. The maximum Gasteiger partial charge on any atom is 0.317 e. The normalized spacial score (nSPS) is 11.8. The van der Waals surface area contributed by atoms with E-state index in [9.17, 15) is 9.59 Å². The van der Waals surface area contributed by atoms with Gasteiger partial charge in [0.1, 0.15) is 0 Å². The van der Waals surface area contributed by atoms with E-state index < -0.39 is 11.9 Å². The minimum Gasteiger partial charge on any atom is -0.481 e. The van der Waals surface area contributed by atoms with E-state index in [4.69, 9.17) is 5.11 Å². The Bertz CT molecular complexity index is 476. The van der Waals surface area contributed by atoms with Crippen LogP contribution in [0.2, 0.25) is 0 Å². The van der Waals surface area contributed by atoms with Crippen LogP contribution in [0.4, 0.5) is 4.79 Å². The number of carbonyl (C=O) groups is 2. The number of hydrogen-bond donors (Lipinski definition) is 2. The molecule has 1 rings (SSSR count). The molecular weight excluding hydrogens is 258 g/mol. The number of nitrogens with zero attached hydrogens (tertiary/aromatic N) is 2. The number of carboxylic acids is 1. The Hall–Kier alpha value is -2.11. The van der Waals surface area contributed by atoms with Crippen molar-refractivity contribution in [2.24, 2.45) is 5.92 Å². The van der Waals surface area contributed by atoms with E-state index in [2.05, 4.69) is 10.3 Å². The molecule has 1 aromatic heterocycles. The monoisotopic (exact) mass is 279 g/mol. The molecule has 0 aromatic carbocycles. The first-order valence-electron chi connectivity index (χ1n) is 6.62. The Labute approximate surface area is 118 Å². The van der Waals surface area contributed by atoms with Crippen LogP contribution < -0.4 is 5.32 Å². The highest BCUT2D eigenvalue weighted by Crippen LogP contribution is 2.02. The van der Waals surface area contributed by atoms with Crippen LogP contribution in [0, 0.1) is 12.8 Å². The molecule has 2 amide bonds. The second-order valence-corrected chi connectivity index (χ2v) is 4.71. The largest absolute Gasteiger partial charge is 0.481 e.